The van der Waals surface area contributed by atoms with Gasteiger partial charge in [-0.15, -0.1) is 0 Å². The van der Waals surface area contributed by atoms with Crippen LogP contribution in [0.5, 0.6) is 0 Å². The summed E-state index contributed by atoms with van der Waals surface area (Å²) in [5, 5.41) is 3.05. The Bertz CT molecular complexity index is 444. The molecule has 1 aliphatic rings. The van der Waals surface area contributed by atoms with Gasteiger partial charge < -0.3 is 11.1 Å². The van der Waals surface area contributed by atoms with Gasteiger partial charge in [-0.05, 0) is 37.7 Å². The number of carbonyl (C=O) groups is 1. The molecular weight excluding hydrogens is 248 g/mol. The maximum Gasteiger partial charge on any atom is 0.220 e. The average Bonchev–Trinajstić information content (AvgIpc) is 2.44. The van der Waals surface area contributed by atoms with Crippen molar-refractivity contribution in [2.24, 2.45) is 11.7 Å². The number of hydrogen-bond acceptors (Lipinski definition) is 2. The molecule has 1 aliphatic carbocycles. The topological polar surface area (TPSA) is 55.1 Å². The van der Waals surface area contributed by atoms with E-state index in [1.165, 1.54) is 24.0 Å². The van der Waals surface area contributed by atoms with E-state index >= 15 is 0 Å². The highest BCUT2D eigenvalue weighted by molar-refractivity contribution is 5.76. The van der Waals surface area contributed by atoms with Gasteiger partial charge in [0.15, 0.2) is 0 Å². The zero-order chi connectivity index (χ0) is 14.4. The predicted octanol–water partition coefficient (Wildman–Crippen LogP) is 2.56. The van der Waals surface area contributed by atoms with Crippen LogP contribution in [0.3, 0.4) is 0 Å². The van der Waals surface area contributed by atoms with Crippen LogP contribution in [0, 0.1) is 12.8 Å². The van der Waals surface area contributed by atoms with Crippen molar-refractivity contribution >= 4 is 5.91 Å². The molecule has 1 fully saturated rings. The predicted molar refractivity (Wildman–Crippen MR) is 82.4 cm³/mol. The van der Waals surface area contributed by atoms with E-state index in [0.717, 1.165) is 25.8 Å². The highest BCUT2D eigenvalue weighted by Crippen LogP contribution is 2.22. The molecule has 3 N–H and O–H groups in total. The quantitative estimate of drug-likeness (QED) is 0.867. The van der Waals surface area contributed by atoms with Crippen LogP contribution >= 0.6 is 0 Å². The molecule has 3 nitrogen and oxygen atoms in total. The van der Waals surface area contributed by atoms with E-state index < -0.39 is 0 Å². The van der Waals surface area contributed by atoms with E-state index in [1.54, 1.807) is 0 Å². The molecule has 0 aromatic heterocycles. The maximum atomic E-state index is 11.9. The number of carbonyl (C=O) groups excluding carboxylic acids is 1. The Hall–Kier alpha value is -1.35. The standard InChI is InChI=1S/C17H26N2O/c1-13-5-4-6-14(11-13)9-10-17(20)19-12-15-7-2-3-8-16(15)18/h4-6,11,15-16H,2-3,7-10,12,18H2,1H3,(H,19,20). The summed E-state index contributed by atoms with van der Waals surface area (Å²) < 4.78 is 0. The number of nitrogens with one attached hydrogen (secondary N) is 1. The lowest BCUT2D eigenvalue weighted by atomic mass is 9.85. The van der Waals surface area contributed by atoms with Crippen LogP contribution in [-0.2, 0) is 11.2 Å². The van der Waals surface area contributed by atoms with Gasteiger partial charge in [0.05, 0.1) is 0 Å². The SMILES string of the molecule is Cc1cccc(CCC(=O)NCC2CCCCC2N)c1. The number of hydrogen-bond donors (Lipinski definition) is 2. The Morgan fingerprint density at radius 1 is 1.35 bits per heavy atom. The van der Waals surface area contributed by atoms with Gasteiger partial charge in [-0.1, -0.05) is 42.7 Å². The summed E-state index contributed by atoms with van der Waals surface area (Å²) in [5.41, 5.74) is 8.57. The Morgan fingerprint density at radius 3 is 2.90 bits per heavy atom. The molecule has 1 aromatic rings. The highest BCUT2D eigenvalue weighted by Gasteiger charge is 2.21. The summed E-state index contributed by atoms with van der Waals surface area (Å²) in [4.78, 5) is 11.9. The van der Waals surface area contributed by atoms with Crippen molar-refractivity contribution in [3.63, 3.8) is 0 Å². The van der Waals surface area contributed by atoms with Crippen molar-refractivity contribution < 1.29 is 4.79 Å². The van der Waals surface area contributed by atoms with Crippen LogP contribution in [0.1, 0.15) is 43.2 Å². The van der Waals surface area contributed by atoms with Crippen LogP contribution in [0.15, 0.2) is 24.3 Å². The normalized spacial score (nSPS) is 22.5. The number of benzene rings is 1. The molecule has 3 heteroatoms. The molecule has 0 bridgehead atoms. The van der Waals surface area contributed by atoms with Gasteiger partial charge in [-0.2, -0.15) is 0 Å². The van der Waals surface area contributed by atoms with E-state index in [0.29, 0.717) is 12.3 Å². The fourth-order valence-corrected chi connectivity index (χ4v) is 2.95. The van der Waals surface area contributed by atoms with Gasteiger partial charge in [0.1, 0.15) is 0 Å². The second-order valence-corrected chi connectivity index (χ2v) is 6.00. The molecule has 0 saturated heterocycles. The Balaban J connectivity index is 1.70. The summed E-state index contributed by atoms with van der Waals surface area (Å²) in [5.74, 6) is 0.607. The molecule has 0 heterocycles. The molecule has 1 aromatic carbocycles. The number of aryl methyl sites for hydroxylation is 2. The van der Waals surface area contributed by atoms with E-state index in [9.17, 15) is 4.79 Å². The third kappa shape index (κ3) is 4.64. The molecule has 0 radical (unpaired) electrons. The van der Waals surface area contributed by atoms with Gasteiger partial charge >= 0.3 is 0 Å². The molecule has 0 spiro atoms. The first-order chi connectivity index (χ1) is 9.65. The van der Waals surface area contributed by atoms with Crippen molar-refractivity contribution in [1.82, 2.24) is 5.32 Å². The number of nitrogens with two attached hydrogens (primary N) is 1. The summed E-state index contributed by atoms with van der Waals surface area (Å²) in [6.07, 6.45) is 6.11. The summed E-state index contributed by atoms with van der Waals surface area (Å²) in [6, 6.07) is 8.61. The third-order valence-electron chi connectivity index (χ3n) is 4.25. The molecular formula is C17H26N2O. The van der Waals surface area contributed by atoms with E-state index in [-0.39, 0.29) is 11.9 Å². The van der Waals surface area contributed by atoms with Gasteiger partial charge in [-0.25, -0.2) is 0 Å². The first-order valence-corrected chi connectivity index (χ1v) is 7.73. The van der Waals surface area contributed by atoms with Crippen molar-refractivity contribution in [3.8, 4) is 0 Å². The van der Waals surface area contributed by atoms with Crippen LogP contribution in [0.2, 0.25) is 0 Å². The van der Waals surface area contributed by atoms with Gasteiger partial charge in [0, 0.05) is 19.0 Å². The average molecular weight is 274 g/mol. The zero-order valence-electron chi connectivity index (χ0n) is 12.4. The van der Waals surface area contributed by atoms with Crippen LogP contribution in [0.25, 0.3) is 0 Å². The Morgan fingerprint density at radius 2 is 2.15 bits per heavy atom. The lowest BCUT2D eigenvalue weighted by molar-refractivity contribution is -0.121. The summed E-state index contributed by atoms with van der Waals surface area (Å²) in [7, 11) is 0. The third-order valence-corrected chi connectivity index (χ3v) is 4.25. The molecule has 110 valence electrons. The molecule has 0 aliphatic heterocycles. The van der Waals surface area contributed by atoms with Crippen LogP contribution in [0.4, 0.5) is 0 Å². The first-order valence-electron chi connectivity index (χ1n) is 7.73. The van der Waals surface area contributed by atoms with Gasteiger partial charge in [0.25, 0.3) is 0 Å². The molecule has 2 unspecified atom stereocenters. The van der Waals surface area contributed by atoms with Crippen LogP contribution in [-0.4, -0.2) is 18.5 Å². The van der Waals surface area contributed by atoms with Gasteiger partial charge in [0.2, 0.25) is 5.91 Å². The molecule has 1 amide bonds. The van der Waals surface area contributed by atoms with E-state index in [4.69, 9.17) is 5.73 Å². The van der Waals surface area contributed by atoms with Crippen molar-refractivity contribution in [2.45, 2.75) is 51.5 Å². The Labute approximate surface area is 121 Å². The van der Waals surface area contributed by atoms with E-state index in [2.05, 4.69) is 30.4 Å². The number of rotatable bonds is 5. The molecule has 2 atom stereocenters. The molecule has 2 rings (SSSR count). The second-order valence-electron chi connectivity index (χ2n) is 6.00. The van der Waals surface area contributed by atoms with Crippen molar-refractivity contribution in [2.75, 3.05) is 6.54 Å². The number of amides is 1. The van der Waals surface area contributed by atoms with Crippen molar-refractivity contribution in [3.05, 3.63) is 35.4 Å². The summed E-state index contributed by atoms with van der Waals surface area (Å²) in [6.45, 7) is 2.82. The fraction of sp³-hybridized carbons (Fsp3) is 0.588. The zero-order valence-corrected chi connectivity index (χ0v) is 12.4. The lowest BCUT2D eigenvalue weighted by Crippen LogP contribution is -2.41. The highest BCUT2D eigenvalue weighted by atomic mass is 16.1. The Kier molecular flexibility index (Phi) is 5.60. The lowest BCUT2D eigenvalue weighted by Gasteiger charge is -2.28. The fourth-order valence-electron chi connectivity index (χ4n) is 2.95. The monoisotopic (exact) mass is 274 g/mol. The molecule has 1 saturated carbocycles. The second kappa shape index (κ2) is 7.44. The minimum Gasteiger partial charge on any atom is -0.356 e. The van der Waals surface area contributed by atoms with Crippen molar-refractivity contribution in [1.29, 1.82) is 0 Å². The maximum absolute atomic E-state index is 11.9. The van der Waals surface area contributed by atoms with Gasteiger partial charge in [-0.3, -0.25) is 4.79 Å². The summed E-state index contributed by atoms with van der Waals surface area (Å²) >= 11 is 0. The molecule has 20 heavy (non-hydrogen) atoms. The first kappa shape index (κ1) is 15.0. The largest absolute Gasteiger partial charge is 0.356 e. The van der Waals surface area contributed by atoms with E-state index in [1.807, 2.05) is 6.07 Å². The smallest absolute Gasteiger partial charge is 0.220 e. The van der Waals surface area contributed by atoms with Crippen LogP contribution < -0.4 is 11.1 Å². The minimum absolute atomic E-state index is 0.143. The minimum atomic E-state index is 0.143.